The van der Waals surface area contributed by atoms with Crippen LogP contribution in [0.15, 0.2) is 0 Å². The molecule has 1 fully saturated rings. The smallest absolute Gasteiger partial charge is 0.251 e. The summed E-state index contributed by atoms with van der Waals surface area (Å²) in [6.45, 7) is 6.03. The van der Waals surface area contributed by atoms with Gasteiger partial charge in [0.1, 0.15) is 6.10 Å². The number of hydrogen-bond donors (Lipinski definition) is 1. The van der Waals surface area contributed by atoms with Gasteiger partial charge in [0.05, 0.1) is 13.2 Å². The standard InChI is InChI=1S/C9H17NO3/c1-7(2)8(11)9(12)10-3-5-13-6-4-10/h7-8,11H,3-6H2,1-2H3/t8-/m0/s1. The Labute approximate surface area is 78.5 Å². The Morgan fingerprint density at radius 1 is 1.38 bits per heavy atom. The summed E-state index contributed by atoms with van der Waals surface area (Å²) >= 11 is 0. The second-order valence-electron chi connectivity index (χ2n) is 3.63. The zero-order chi connectivity index (χ0) is 9.84. The highest BCUT2D eigenvalue weighted by Crippen LogP contribution is 2.07. The Morgan fingerprint density at radius 2 is 1.92 bits per heavy atom. The fraction of sp³-hybridized carbons (Fsp3) is 0.889. The molecule has 0 aromatic rings. The van der Waals surface area contributed by atoms with Gasteiger partial charge in [0.25, 0.3) is 5.91 Å². The number of rotatable bonds is 2. The lowest BCUT2D eigenvalue weighted by Gasteiger charge is -2.29. The molecule has 1 aliphatic rings. The van der Waals surface area contributed by atoms with Gasteiger partial charge in [-0.1, -0.05) is 13.8 Å². The van der Waals surface area contributed by atoms with E-state index in [1.54, 1.807) is 4.90 Å². The van der Waals surface area contributed by atoms with Crippen molar-refractivity contribution in [3.63, 3.8) is 0 Å². The van der Waals surface area contributed by atoms with E-state index in [1.807, 2.05) is 13.8 Å². The summed E-state index contributed by atoms with van der Waals surface area (Å²) in [7, 11) is 0. The third kappa shape index (κ3) is 2.67. The number of aliphatic hydroxyl groups excluding tert-OH is 1. The van der Waals surface area contributed by atoms with Gasteiger partial charge < -0.3 is 14.7 Å². The molecule has 1 aliphatic heterocycles. The lowest BCUT2D eigenvalue weighted by atomic mass is 10.1. The maximum absolute atomic E-state index is 11.6. The Hall–Kier alpha value is -0.610. The van der Waals surface area contributed by atoms with Crippen LogP contribution in [0, 0.1) is 5.92 Å². The molecular formula is C9H17NO3. The van der Waals surface area contributed by atoms with Crippen molar-refractivity contribution in [1.82, 2.24) is 4.90 Å². The number of carbonyl (C=O) groups excluding carboxylic acids is 1. The van der Waals surface area contributed by atoms with Gasteiger partial charge in [-0.3, -0.25) is 4.79 Å². The Morgan fingerprint density at radius 3 is 2.38 bits per heavy atom. The van der Waals surface area contributed by atoms with E-state index in [-0.39, 0.29) is 11.8 Å². The maximum Gasteiger partial charge on any atom is 0.251 e. The number of morpholine rings is 1. The fourth-order valence-electron chi connectivity index (χ4n) is 1.26. The highest BCUT2D eigenvalue weighted by molar-refractivity contribution is 5.80. The summed E-state index contributed by atoms with van der Waals surface area (Å²) in [4.78, 5) is 13.2. The molecule has 0 aromatic heterocycles. The molecule has 13 heavy (non-hydrogen) atoms. The minimum absolute atomic E-state index is 0.0182. The summed E-state index contributed by atoms with van der Waals surface area (Å²) in [5, 5.41) is 9.52. The summed E-state index contributed by atoms with van der Waals surface area (Å²) in [6.07, 6.45) is -0.863. The predicted octanol–water partition coefficient (Wildman–Crippen LogP) is -0.138. The van der Waals surface area contributed by atoms with Crippen molar-refractivity contribution in [2.75, 3.05) is 26.3 Å². The van der Waals surface area contributed by atoms with Crippen LogP contribution in [0.3, 0.4) is 0 Å². The van der Waals surface area contributed by atoms with Crippen molar-refractivity contribution in [2.24, 2.45) is 5.92 Å². The van der Waals surface area contributed by atoms with Gasteiger partial charge >= 0.3 is 0 Å². The summed E-state index contributed by atoms with van der Waals surface area (Å²) < 4.78 is 5.11. The van der Waals surface area contributed by atoms with Gasteiger partial charge in [-0.2, -0.15) is 0 Å². The molecule has 76 valence electrons. The molecule has 1 rings (SSSR count). The van der Waals surface area contributed by atoms with E-state index in [0.29, 0.717) is 26.3 Å². The molecule has 0 aliphatic carbocycles. The minimum Gasteiger partial charge on any atom is -0.383 e. The lowest BCUT2D eigenvalue weighted by molar-refractivity contribution is -0.146. The SMILES string of the molecule is CC(C)[C@H](O)C(=O)N1CCOCC1. The monoisotopic (exact) mass is 187 g/mol. The first-order chi connectivity index (χ1) is 6.13. The molecule has 4 heteroatoms. The number of nitrogens with zero attached hydrogens (tertiary/aromatic N) is 1. The van der Waals surface area contributed by atoms with Crippen LogP contribution in [0.1, 0.15) is 13.8 Å². The first-order valence-corrected chi connectivity index (χ1v) is 4.67. The van der Waals surface area contributed by atoms with Gasteiger partial charge in [0.15, 0.2) is 0 Å². The van der Waals surface area contributed by atoms with E-state index in [0.717, 1.165) is 0 Å². The number of hydrogen-bond acceptors (Lipinski definition) is 3. The molecule has 4 nitrogen and oxygen atoms in total. The molecule has 1 amide bonds. The molecule has 0 bridgehead atoms. The number of amides is 1. The summed E-state index contributed by atoms with van der Waals surface area (Å²) in [5.41, 5.74) is 0. The van der Waals surface area contributed by atoms with Crippen LogP contribution in [0.25, 0.3) is 0 Å². The van der Waals surface area contributed by atoms with Crippen molar-refractivity contribution in [3.05, 3.63) is 0 Å². The van der Waals surface area contributed by atoms with E-state index in [2.05, 4.69) is 0 Å². The molecule has 0 spiro atoms. The largest absolute Gasteiger partial charge is 0.383 e. The Kier molecular flexibility index (Phi) is 3.69. The van der Waals surface area contributed by atoms with Crippen LogP contribution >= 0.6 is 0 Å². The molecule has 1 saturated heterocycles. The topological polar surface area (TPSA) is 49.8 Å². The summed E-state index contributed by atoms with van der Waals surface area (Å²) in [5.74, 6) is -0.186. The predicted molar refractivity (Wildman–Crippen MR) is 48.2 cm³/mol. The lowest BCUT2D eigenvalue weighted by Crippen LogP contribution is -2.47. The van der Waals surface area contributed by atoms with Crippen LogP contribution < -0.4 is 0 Å². The van der Waals surface area contributed by atoms with Crippen molar-refractivity contribution < 1.29 is 14.6 Å². The van der Waals surface area contributed by atoms with E-state index in [4.69, 9.17) is 4.74 Å². The minimum atomic E-state index is -0.863. The van der Waals surface area contributed by atoms with Crippen LogP contribution in [0.4, 0.5) is 0 Å². The van der Waals surface area contributed by atoms with Gasteiger partial charge in [-0.05, 0) is 5.92 Å². The number of ether oxygens (including phenoxy) is 1. The van der Waals surface area contributed by atoms with Crippen LogP contribution in [0.5, 0.6) is 0 Å². The highest BCUT2D eigenvalue weighted by Gasteiger charge is 2.25. The van der Waals surface area contributed by atoms with Crippen LogP contribution in [-0.4, -0.2) is 48.3 Å². The van der Waals surface area contributed by atoms with Crippen molar-refractivity contribution in [1.29, 1.82) is 0 Å². The van der Waals surface area contributed by atoms with Gasteiger partial charge in [0.2, 0.25) is 0 Å². The second-order valence-corrected chi connectivity index (χ2v) is 3.63. The molecular weight excluding hydrogens is 170 g/mol. The number of carbonyl (C=O) groups is 1. The molecule has 0 radical (unpaired) electrons. The molecule has 0 unspecified atom stereocenters. The van der Waals surface area contributed by atoms with E-state index in [9.17, 15) is 9.90 Å². The van der Waals surface area contributed by atoms with Crippen molar-refractivity contribution in [3.8, 4) is 0 Å². The highest BCUT2D eigenvalue weighted by atomic mass is 16.5. The Balaban J connectivity index is 2.45. The first kappa shape index (κ1) is 10.5. The van der Waals surface area contributed by atoms with Crippen molar-refractivity contribution in [2.45, 2.75) is 20.0 Å². The van der Waals surface area contributed by atoms with Gasteiger partial charge in [0, 0.05) is 13.1 Å². The molecule has 1 heterocycles. The van der Waals surface area contributed by atoms with Crippen LogP contribution in [0.2, 0.25) is 0 Å². The molecule has 0 aromatic carbocycles. The average molecular weight is 187 g/mol. The zero-order valence-electron chi connectivity index (χ0n) is 8.19. The average Bonchev–Trinajstić information content (AvgIpc) is 2.17. The number of aliphatic hydroxyl groups is 1. The summed E-state index contributed by atoms with van der Waals surface area (Å²) in [6, 6.07) is 0. The quantitative estimate of drug-likeness (QED) is 0.654. The van der Waals surface area contributed by atoms with E-state index in [1.165, 1.54) is 0 Å². The normalized spacial score (nSPS) is 20.5. The van der Waals surface area contributed by atoms with Crippen LogP contribution in [-0.2, 0) is 9.53 Å². The fourth-order valence-corrected chi connectivity index (χ4v) is 1.26. The third-order valence-electron chi connectivity index (χ3n) is 2.21. The Bertz CT molecular complexity index is 176. The molecule has 1 atom stereocenters. The third-order valence-corrected chi connectivity index (χ3v) is 2.21. The first-order valence-electron chi connectivity index (χ1n) is 4.67. The van der Waals surface area contributed by atoms with Gasteiger partial charge in [-0.25, -0.2) is 0 Å². The van der Waals surface area contributed by atoms with E-state index >= 15 is 0 Å². The molecule has 0 saturated carbocycles. The van der Waals surface area contributed by atoms with Gasteiger partial charge in [-0.15, -0.1) is 0 Å². The van der Waals surface area contributed by atoms with Crippen molar-refractivity contribution >= 4 is 5.91 Å². The maximum atomic E-state index is 11.6. The molecule has 1 N–H and O–H groups in total. The van der Waals surface area contributed by atoms with E-state index < -0.39 is 6.10 Å². The second kappa shape index (κ2) is 4.58. The zero-order valence-corrected chi connectivity index (χ0v) is 8.19.